The first-order valence-electron chi connectivity index (χ1n) is 5.28. The molecule has 1 aromatic carbocycles. The predicted molar refractivity (Wildman–Crippen MR) is 70.4 cm³/mol. The average molecular weight is 295 g/mol. The molecule has 0 bridgehead atoms. The van der Waals surface area contributed by atoms with E-state index < -0.39 is 0 Å². The van der Waals surface area contributed by atoms with Crippen molar-refractivity contribution in [1.82, 2.24) is 4.98 Å². The monoisotopic (exact) mass is 294 g/mol. The topological polar surface area (TPSA) is 24.9 Å². The fourth-order valence-electron chi connectivity index (χ4n) is 1.60. The third kappa shape index (κ3) is 3.27. The number of benzene rings is 1. The van der Waals surface area contributed by atoms with E-state index in [1.807, 2.05) is 19.1 Å². The van der Waals surface area contributed by atoms with Crippen molar-refractivity contribution in [2.24, 2.45) is 0 Å². The fourth-order valence-corrected chi connectivity index (χ4v) is 1.96. The van der Waals surface area contributed by atoms with Crippen LogP contribution in [0.4, 0.5) is 10.1 Å². The summed E-state index contributed by atoms with van der Waals surface area (Å²) in [4.78, 5) is 4.07. The molecule has 0 saturated carbocycles. The Hall–Kier alpha value is -1.42. The second-order valence-corrected chi connectivity index (χ2v) is 4.73. The van der Waals surface area contributed by atoms with Crippen LogP contribution in [0.15, 0.2) is 47.2 Å². The van der Waals surface area contributed by atoms with E-state index in [4.69, 9.17) is 0 Å². The summed E-state index contributed by atoms with van der Waals surface area (Å²) in [6.45, 7) is 1.98. The van der Waals surface area contributed by atoms with E-state index >= 15 is 0 Å². The summed E-state index contributed by atoms with van der Waals surface area (Å²) in [5, 5.41) is 3.27. The van der Waals surface area contributed by atoms with E-state index in [1.54, 1.807) is 18.5 Å². The molecule has 2 nitrogen and oxygen atoms in total. The van der Waals surface area contributed by atoms with E-state index in [2.05, 4.69) is 26.2 Å². The van der Waals surface area contributed by atoms with E-state index in [0.717, 1.165) is 15.7 Å². The first-order valence-corrected chi connectivity index (χ1v) is 6.07. The van der Waals surface area contributed by atoms with Crippen LogP contribution in [0.5, 0.6) is 0 Å². The van der Waals surface area contributed by atoms with Crippen LogP contribution in [0.1, 0.15) is 18.5 Å². The van der Waals surface area contributed by atoms with Crippen molar-refractivity contribution in [3.8, 4) is 0 Å². The summed E-state index contributed by atoms with van der Waals surface area (Å²) < 4.78 is 14.0. The van der Waals surface area contributed by atoms with Crippen molar-refractivity contribution in [2.45, 2.75) is 13.0 Å². The van der Waals surface area contributed by atoms with Crippen LogP contribution in [0.2, 0.25) is 0 Å². The zero-order valence-corrected chi connectivity index (χ0v) is 10.9. The van der Waals surface area contributed by atoms with Gasteiger partial charge in [-0.1, -0.05) is 12.1 Å². The highest BCUT2D eigenvalue weighted by Gasteiger charge is 2.06. The molecular weight excluding hydrogens is 283 g/mol. The van der Waals surface area contributed by atoms with Gasteiger partial charge in [-0.15, -0.1) is 0 Å². The molecule has 1 atom stereocenters. The van der Waals surface area contributed by atoms with Gasteiger partial charge >= 0.3 is 0 Å². The van der Waals surface area contributed by atoms with Crippen LogP contribution in [-0.4, -0.2) is 4.98 Å². The van der Waals surface area contributed by atoms with Crippen LogP contribution in [-0.2, 0) is 0 Å². The zero-order chi connectivity index (χ0) is 12.3. The van der Waals surface area contributed by atoms with Gasteiger partial charge in [0.25, 0.3) is 0 Å². The number of nitrogens with one attached hydrogen (secondary N) is 1. The molecule has 1 unspecified atom stereocenters. The molecule has 0 aliphatic rings. The smallest absolute Gasteiger partial charge is 0.123 e. The van der Waals surface area contributed by atoms with Gasteiger partial charge in [-0.25, -0.2) is 4.39 Å². The lowest BCUT2D eigenvalue weighted by Crippen LogP contribution is -2.06. The minimum Gasteiger partial charge on any atom is -0.377 e. The van der Waals surface area contributed by atoms with Gasteiger partial charge in [0.2, 0.25) is 0 Å². The maximum Gasteiger partial charge on any atom is 0.123 e. The van der Waals surface area contributed by atoms with E-state index in [1.165, 1.54) is 12.1 Å². The van der Waals surface area contributed by atoms with Gasteiger partial charge in [0.15, 0.2) is 0 Å². The Morgan fingerprint density at radius 3 is 2.82 bits per heavy atom. The fraction of sp³-hybridized carbons (Fsp3) is 0.154. The molecule has 1 aromatic heterocycles. The highest BCUT2D eigenvalue weighted by molar-refractivity contribution is 9.10. The van der Waals surface area contributed by atoms with Crippen LogP contribution in [0, 0.1) is 5.82 Å². The number of aromatic nitrogens is 1. The molecule has 0 aliphatic carbocycles. The molecule has 2 rings (SSSR count). The van der Waals surface area contributed by atoms with Crippen molar-refractivity contribution in [3.63, 3.8) is 0 Å². The van der Waals surface area contributed by atoms with Crippen molar-refractivity contribution >= 4 is 21.6 Å². The molecule has 0 spiro atoms. The van der Waals surface area contributed by atoms with Gasteiger partial charge in [0, 0.05) is 16.7 Å². The molecule has 0 amide bonds. The first-order chi connectivity index (χ1) is 8.15. The van der Waals surface area contributed by atoms with Gasteiger partial charge in [0.1, 0.15) is 5.82 Å². The Morgan fingerprint density at radius 1 is 1.29 bits per heavy atom. The molecule has 4 heteroatoms. The molecule has 88 valence electrons. The van der Waals surface area contributed by atoms with E-state index in [9.17, 15) is 4.39 Å². The Labute approximate surface area is 108 Å². The van der Waals surface area contributed by atoms with Gasteiger partial charge in [-0.3, -0.25) is 4.98 Å². The number of halogens is 2. The van der Waals surface area contributed by atoms with Crippen molar-refractivity contribution < 1.29 is 4.39 Å². The van der Waals surface area contributed by atoms with Crippen LogP contribution < -0.4 is 5.32 Å². The number of rotatable bonds is 3. The molecular formula is C13H12BrFN2. The Balaban J connectivity index is 2.14. The molecule has 17 heavy (non-hydrogen) atoms. The lowest BCUT2D eigenvalue weighted by atomic mass is 10.1. The van der Waals surface area contributed by atoms with Crippen LogP contribution in [0.3, 0.4) is 0 Å². The maximum absolute atomic E-state index is 13.1. The number of hydrogen-bond donors (Lipinski definition) is 1. The normalized spacial score (nSPS) is 12.2. The summed E-state index contributed by atoms with van der Waals surface area (Å²) in [5.41, 5.74) is 1.81. The highest BCUT2D eigenvalue weighted by Crippen LogP contribution is 2.21. The molecule has 0 saturated heterocycles. The quantitative estimate of drug-likeness (QED) is 0.919. The first kappa shape index (κ1) is 12.0. The average Bonchev–Trinajstić information content (AvgIpc) is 2.29. The van der Waals surface area contributed by atoms with Crippen LogP contribution >= 0.6 is 15.9 Å². The third-order valence-corrected chi connectivity index (χ3v) is 2.87. The Bertz CT molecular complexity index is 516. The number of hydrogen-bond acceptors (Lipinski definition) is 2. The molecule has 0 radical (unpaired) electrons. The summed E-state index contributed by atoms with van der Waals surface area (Å²) in [7, 11) is 0. The van der Waals surface area contributed by atoms with E-state index in [-0.39, 0.29) is 11.9 Å². The standard InChI is InChI=1S/C13H12BrFN2/c1-9(10-3-2-4-12(15)5-10)17-13-6-11(14)7-16-8-13/h2-9,17H,1H3. The molecule has 2 aromatic rings. The second kappa shape index (κ2) is 5.27. The van der Waals surface area contributed by atoms with Gasteiger partial charge in [-0.2, -0.15) is 0 Å². The lowest BCUT2D eigenvalue weighted by molar-refractivity contribution is 0.623. The highest BCUT2D eigenvalue weighted by atomic mass is 79.9. The second-order valence-electron chi connectivity index (χ2n) is 3.81. The summed E-state index contributed by atoms with van der Waals surface area (Å²) >= 11 is 3.36. The Kier molecular flexibility index (Phi) is 3.74. The SMILES string of the molecule is CC(Nc1cncc(Br)c1)c1cccc(F)c1. The minimum atomic E-state index is -0.219. The summed E-state index contributed by atoms with van der Waals surface area (Å²) in [6.07, 6.45) is 3.46. The van der Waals surface area contributed by atoms with Crippen molar-refractivity contribution in [2.75, 3.05) is 5.32 Å². The summed E-state index contributed by atoms with van der Waals surface area (Å²) in [5.74, 6) is -0.219. The molecule has 1 N–H and O–H groups in total. The van der Waals surface area contributed by atoms with Crippen LogP contribution in [0.25, 0.3) is 0 Å². The molecule has 0 fully saturated rings. The molecule has 1 heterocycles. The van der Waals surface area contributed by atoms with Crippen molar-refractivity contribution in [1.29, 1.82) is 0 Å². The predicted octanol–water partition coefficient (Wildman–Crippen LogP) is 4.16. The maximum atomic E-state index is 13.1. The van der Waals surface area contributed by atoms with Crippen molar-refractivity contribution in [3.05, 3.63) is 58.6 Å². The number of anilines is 1. The Morgan fingerprint density at radius 2 is 2.12 bits per heavy atom. The largest absolute Gasteiger partial charge is 0.377 e. The minimum absolute atomic E-state index is 0.0294. The third-order valence-electron chi connectivity index (χ3n) is 2.44. The number of pyridine rings is 1. The summed E-state index contributed by atoms with van der Waals surface area (Å²) in [6, 6.07) is 8.54. The molecule has 0 aliphatic heterocycles. The number of nitrogens with zero attached hydrogens (tertiary/aromatic N) is 1. The van der Waals surface area contributed by atoms with Gasteiger partial charge in [0.05, 0.1) is 11.9 Å². The van der Waals surface area contributed by atoms with Gasteiger partial charge in [-0.05, 0) is 46.6 Å². The van der Waals surface area contributed by atoms with Gasteiger partial charge < -0.3 is 5.32 Å². The van der Waals surface area contributed by atoms with E-state index in [0.29, 0.717) is 0 Å². The lowest BCUT2D eigenvalue weighted by Gasteiger charge is -2.15. The zero-order valence-electron chi connectivity index (χ0n) is 9.32.